The maximum absolute atomic E-state index is 13.8. The number of nitrogens with zero attached hydrogens (tertiary/aromatic N) is 2. The molecule has 0 unspecified atom stereocenters. The summed E-state index contributed by atoms with van der Waals surface area (Å²) in [7, 11) is 0. The molecule has 2 heterocycles. The van der Waals surface area contributed by atoms with Crippen LogP contribution in [0, 0.1) is 11.7 Å². The molecule has 4 aromatic rings. The summed E-state index contributed by atoms with van der Waals surface area (Å²) >= 11 is 1.26. The fourth-order valence-electron chi connectivity index (χ4n) is 4.37. The zero-order valence-electron chi connectivity index (χ0n) is 21.9. The molecule has 6 nitrogen and oxygen atoms in total. The van der Waals surface area contributed by atoms with Crippen LogP contribution >= 0.6 is 11.3 Å². The van der Waals surface area contributed by atoms with Gasteiger partial charge in [0.2, 0.25) is 0 Å². The SMILES string of the molecule is CC1=C(C(=O)Nc2ccccc2)[C@H](c2ccc(F)cc2)n2c(s/c(=C/c3ccc(OCC(C)C)cc3)c2=O)=N1. The molecule has 1 aromatic heterocycles. The third kappa shape index (κ3) is 5.76. The Kier molecular flexibility index (Phi) is 7.56. The number of thiazole rings is 1. The van der Waals surface area contributed by atoms with E-state index in [4.69, 9.17) is 4.74 Å². The second-order valence-corrected chi connectivity index (χ2v) is 10.7. The number of ether oxygens (including phenoxy) is 1. The normalized spacial score (nSPS) is 15.2. The number of hydrogen-bond donors (Lipinski definition) is 1. The Morgan fingerprint density at radius 2 is 1.77 bits per heavy atom. The van der Waals surface area contributed by atoms with Crippen molar-refractivity contribution in [1.29, 1.82) is 0 Å². The molecule has 1 atom stereocenters. The van der Waals surface area contributed by atoms with Gasteiger partial charge in [0, 0.05) is 5.69 Å². The third-order valence-electron chi connectivity index (χ3n) is 6.24. The molecule has 39 heavy (non-hydrogen) atoms. The number of hydrogen-bond acceptors (Lipinski definition) is 5. The number of carbonyl (C=O) groups is 1. The lowest BCUT2D eigenvalue weighted by Crippen LogP contribution is -2.40. The fraction of sp³-hybridized carbons (Fsp3) is 0.194. The maximum atomic E-state index is 13.8. The Balaban J connectivity index is 1.57. The zero-order chi connectivity index (χ0) is 27.5. The summed E-state index contributed by atoms with van der Waals surface area (Å²) < 4.78 is 21.6. The number of fused-ring (bicyclic) bond motifs is 1. The summed E-state index contributed by atoms with van der Waals surface area (Å²) in [6.45, 7) is 6.56. The van der Waals surface area contributed by atoms with Crippen molar-refractivity contribution in [2.75, 3.05) is 11.9 Å². The Morgan fingerprint density at radius 3 is 2.44 bits per heavy atom. The third-order valence-corrected chi connectivity index (χ3v) is 7.23. The van der Waals surface area contributed by atoms with Gasteiger partial charge in [0.1, 0.15) is 11.6 Å². The van der Waals surface area contributed by atoms with Gasteiger partial charge in [0.25, 0.3) is 11.5 Å². The number of aromatic nitrogens is 1. The first-order chi connectivity index (χ1) is 18.8. The van der Waals surface area contributed by atoms with Gasteiger partial charge in [-0.1, -0.05) is 67.6 Å². The number of anilines is 1. The summed E-state index contributed by atoms with van der Waals surface area (Å²) in [5, 5.41) is 2.91. The van der Waals surface area contributed by atoms with E-state index in [9.17, 15) is 14.0 Å². The highest BCUT2D eigenvalue weighted by Gasteiger charge is 2.32. The van der Waals surface area contributed by atoms with Crippen LogP contribution in [0.5, 0.6) is 5.75 Å². The van der Waals surface area contributed by atoms with Gasteiger partial charge in [-0.05, 0) is 66.4 Å². The highest BCUT2D eigenvalue weighted by Crippen LogP contribution is 2.31. The standard InChI is InChI=1S/C31H28FN3O3S/c1-19(2)18-38-25-15-9-21(10-16-25)17-26-30(37)35-28(22-11-13-23(32)14-12-22)27(20(3)33-31(35)39-26)29(36)34-24-7-5-4-6-8-24/h4-17,19,28H,18H2,1-3H3,(H,34,36)/b26-17+/t28-/m0/s1. The molecule has 1 N–H and O–H groups in total. The van der Waals surface area contributed by atoms with Crippen LogP contribution in [0.15, 0.2) is 99.9 Å². The Hall–Kier alpha value is -4.30. The zero-order valence-corrected chi connectivity index (χ0v) is 22.7. The minimum absolute atomic E-state index is 0.272. The van der Waals surface area contributed by atoms with Gasteiger partial charge >= 0.3 is 0 Å². The summed E-state index contributed by atoms with van der Waals surface area (Å²) in [6.07, 6.45) is 1.81. The van der Waals surface area contributed by atoms with E-state index in [0.717, 1.165) is 11.3 Å². The lowest BCUT2D eigenvalue weighted by atomic mass is 9.95. The van der Waals surface area contributed by atoms with Gasteiger partial charge < -0.3 is 10.1 Å². The largest absolute Gasteiger partial charge is 0.493 e. The highest BCUT2D eigenvalue weighted by atomic mass is 32.1. The van der Waals surface area contributed by atoms with E-state index >= 15 is 0 Å². The molecule has 1 amide bonds. The van der Waals surface area contributed by atoms with Crippen LogP contribution in [0.3, 0.4) is 0 Å². The Labute approximate surface area is 229 Å². The molecule has 0 spiro atoms. The number of nitrogens with one attached hydrogen (secondary N) is 1. The molecule has 0 bridgehead atoms. The summed E-state index contributed by atoms with van der Waals surface area (Å²) in [5.74, 6) is 0.414. The van der Waals surface area contributed by atoms with E-state index in [1.165, 1.54) is 28.0 Å². The first-order valence-electron chi connectivity index (χ1n) is 12.7. The van der Waals surface area contributed by atoms with E-state index in [1.54, 1.807) is 37.3 Å². The van der Waals surface area contributed by atoms with Gasteiger partial charge in [0.05, 0.1) is 28.5 Å². The summed E-state index contributed by atoms with van der Waals surface area (Å²) in [6, 6.07) is 21.7. The van der Waals surface area contributed by atoms with Crippen LogP contribution in [-0.2, 0) is 4.79 Å². The number of amides is 1. The number of halogens is 1. The van der Waals surface area contributed by atoms with Gasteiger partial charge in [-0.15, -0.1) is 0 Å². The molecule has 3 aromatic carbocycles. The Morgan fingerprint density at radius 1 is 1.08 bits per heavy atom. The van der Waals surface area contributed by atoms with Crippen LogP contribution in [0.4, 0.5) is 10.1 Å². The second kappa shape index (κ2) is 11.2. The number of para-hydroxylation sites is 1. The monoisotopic (exact) mass is 541 g/mol. The van der Waals surface area contributed by atoms with Crippen molar-refractivity contribution in [2.45, 2.75) is 26.8 Å². The highest BCUT2D eigenvalue weighted by molar-refractivity contribution is 7.07. The van der Waals surface area contributed by atoms with E-state index in [-0.39, 0.29) is 11.5 Å². The predicted molar refractivity (Wildman–Crippen MR) is 152 cm³/mol. The molecule has 0 saturated carbocycles. The molecule has 8 heteroatoms. The molecule has 198 valence electrons. The smallest absolute Gasteiger partial charge is 0.271 e. The molecule has 0 fully saturated rings. The van der Waals surface area contributed by atoms with Crippen molar-refractivity contribution in [3.05, 3.63) is 127 Å². The summed E-state index contributed by atoms with van der Waals surface area (Å²) in [4.78, 5) is 32.4. The minimum atomic E-state index is -0.764. The average Bonchev–Trinajstić information content (AvgIpc) is 3.22. The van der Waals surface area contributed by atoms with Crippen molar-refractivity contribution in [3.63, 3.8) is 0 Å². The number of rotatable bonds is 7. The maximum Gasteiger partial charge on any atom is 0.271 e. The van der Waals surface area contributed by atoms with Gasteiger partial charge in [0.15, 0.2) is 4.80 Å². The van der Waals surface area contributed by atoms with Crippen molar-refractivity contribution in [2.24, 2.45) is 10.9 Å². The minimum Gasteiger partial charge on any atom is -0.493 e. The van der Waals surface area contributed by atoms with E-state index in [1.807, 2.05) is 42.5 Å². The fourth-order valence-corrected chi connectivity index (χ4v) is 5.41. The van der Waals surface area contributed by atoms with Crippen molar-refractivity contribution in [3.8, 4) is 5.75 Å². The molecule has 0 radical (unpaired) electrons. The van der Waals surface area contributed by atoms with Gasteiger partial charge in [-0.3, -0.25) is 14.2 Å². The van der Waals surface area contributed by atoms with Crippen molar-refractivity contribution in [1.82, 2.24) is 4.57 Å². The number of benzene rings is 3. The quantitative estimate of drug-likeness (QED) is 0.356. The number of allylic oxidation sites excluding steroid dienone is 1. The summed E-state index contributed by atoms with van der Waals surface area (Å²) in [5.41, 5.74) is 2.63. The lowest BCUT2D eigenvalue weighted by Gasteiger charge is -2.25. The van der Waals surface area contributed by atoms with Gasteiger partial charge in [-0.25, -0.2) is 9.38 Å². The van der Waals surface area contributed by atoms with Crippen LogP contribution in [-0.4, -0.2) is 17.1 Å². The molecule has 5 rings (SSSR count). The second-order valence-electron chi connectivity index (χ2n) is 9.73. The molecule has 1 aliphatic rings. The number of carbonyl (C=O) groups excluding carboxylic acids is 1. The molecular formula is C31H28FN3O3S. The first kappa shape index (κ1) is 26.3. The first-order valence-corrected chi connectivity index (χ1v) is 13.5. The van der Waals surface area contributed by atoms with Gasteiger partial charge in [-0.2, -0.15) is 0 Å². The van der Waals surface area contributed by atoms with E-state index in [2.05, 4.69) is 24.2 Å². The van der Waals surface area contributed by atoms with Crippen LogP contribution < -0.4 is 24.9 Å². The predicted octanol–water partition coefficient (Wildman–Crippen LogP) is 5.05. The average molecular weight is 542 g/mol. The van der Waals surface area contributed by atoms with Crippen molar-refractivity contribution >= 4 is 29.0 Å². The topological polar surface area (TPSA) is 72.7 Å². The van der Waals surface area contributed by atoms with E-state index in [0.29, 0.717) is 44.4 Å². The molecule has 1 aliphatic heterocycles. The Bertz CT molecular complexity index is 1700. The van der Waals surface area contributed by atoms with E-state index < -0.39 is 11.9 Å². The van der Waals surface area contributed by atoms with Crippen LogP contribution in [0.2, 0.25) is 0 Å². The lowest BCUT2D eigenvalue weighted by molar-refractivity contribution is -0.113. The molecule has 0 saturated heterocycles. The molecule has 0 aliphatic carbocycles. The van der Waals surface area contributed by atoms with Crippen molar-refractivity contribution < 1.29 is 13.9 Å². The molecular weight excluding hydrogens is 513 g/mol. The van der Waals surface area contributed by atoms with Crippen LogP contribution in [0.25, 0.3) is 6.08 Å². The van der Waals surface area contributed by atoms with Crippen LogP contribution in [0.1, 0.15) is 37.9 Å².